The van der Waals surface area contributed by atoms with Gasteiger partial charge in [-0.15, -0.1) is 0 Å². The van der Waals surface area contributed by atoms with Crippen LogP contribution in [0, 0.1) is 12.7 Å². The molecule has 0 radical (unpaired) electrons. The quantitative estimate of drug-likeness (QED) is 0.898. The number of ether oxygens (including phenoxy) is 1. The zero-order valence-corrected chi connectivity index (χ0v) is 11.4. The van der Waals surface area contributed by atoms with E-state index in [0.717, 1.165) is 17.1 Å². The first-order valence-electron chi connectivity index (χ1n) is 6.14. The lowest BCUT2D eigenvalue weighted by molar-refractivity contribution is 0.368. The second-order valence-electron chi connectivity index (χ2n) is 4.39. The van der Waals surface area contributed by atoms with Gasteiger partial charge in [0.15, 0.2) is 0 Å². The van der Waals surface area contributed by atoms with E-state index in [4.69, 9.17) is 4.74 Å². The predicted octanol–water partition coefficient (Wildman–Crippen LogP) is 2.17. The molecule has 0 aliphatic carbocycles. The van der Waals surface area contributed by atoms with Crippen molar-refractivity contribution in [1.29, 1.82) is 0 Å². The molecule has 0 unspecified atom stereocenters. The molecule has 0 aliphatic rings. The molecule has 1 heterocycles. The maximum atomic E-state index is 13.5. The Kier molecular flexibility index (Phi) is 4.16. The van der Waals surface area contributed by atoms with Crippen molar-refractivity contribution in [1.82, 2.24) is 15.1 Å². The molecule has 2 aromatic rings. The molecule has 0 amide bonds. The van der Waals surface area contributed by atoms with Crippen molar-refractivity contribution >= 4 is 0 Å². The fraction of sp³-hybridized carbons (Fsp3) is 0.357. The number of halogens is 1. The van der Waals surface area contributed by atoms with Gasteiger partial charge in [-0.25, -0.2) is 9.07 Å². The van der Waals surface area contributed by atoms with Crippen LogP contribution in [-0.2, 0) is 20.1 Å². The summed E-state index contributed by atoms with van der Waals surface area (Å²) < 4.78 is 20.5. The van der Waals surface area contributed by atoms with Crippen LogP contribution in [0.1, 0.15) is 16.8 Å². The first kappa shape index (κ1) is 13.5. The number of hydrogen-bond acceptors (Lipinski definition) is 3. The minimum Gasteiger partial charge on any atom is -0.481 e. The third-order valence-corrected chi connectivity index (χ3v) is 3.06. The lowest BCUT2D eigenvalue weighted by Gasteiger charge is -2.07. The molecule has 0 saturated carbocycles. The highest BCUT2D eigenvalue weighted by atomic mass is 19.1. The number of nitrogens with one attached hydrogen (secondary N) is 1. The van der Waals surface area contributed by atoms with Crippen LogP contribution in [0.2, 0.25) is 0 Å². The zero-order valence-electron chi connectivity index (χ0n) is 11.4. The largest absolute Gasteiger partial charge is 0.481 e. The lowest BCUT2D eigenvalue weighted by atomic mass is 10.2. The topological polar surface area (TPSA) is 39.1 Å². The fourth-order valence-electron chi connectivity index (χ4n) is 2.10. The summed E-state index contributed by atoms with van der Waals surface area (Å²) in [7, 11) is 3.46. The highest BCUT2D eigenvalue weighted by molar-refractivity contribution is 5.30. The third kappa shape index (κ3) is 2.93. The molecule has 0 saturated heterocycles. The molecule has 0 bridgehead atoms. The minimum atomic E-state index is -0.190. The van der Waals surface area contributed by atoms with Gasteiger partial charge in [0, 0.05) is 25.7 Å². The lowest BCUT2D eigenvalue weighted by Crippen LogP contribution is -2.14. The average Bonchev–Trinajstić information content (AvgIpc) is 2.66. The molecule has 1 N–H and O–H groups in total. The van der Waals surface area contributed by atoms with E-state index in [2.05, 4.69) is 10.4 Å². The SMILES string of the molecule is COc1c(CNCc2ccccc2F)c(C)nn1C. The van der Waals surface area contributed by atoms with Crippen molar-refractivity contribution in [2.75, 3.05) is 7.11 Å². The molecular weight excluding hydrogens is 245 g/mol. The van der Waals surface area contributed by atoms with Gasteiger partial charge in [0.25, 0.3) is 0 Å². The molecule has 0 atom stereocenters. The molecule has 0 spiro atoms. The van der Waals surface area contributed by atoms with Crippen molar-refractivity contribution < 1.29 is 9.13 Å². The van der Waals surface area contributed by atoms with Gasteiger partial charge in [-0.3, -0.25) is 0 Å². The first-order chi connectivity index (χ1) is 9.13. The number of methoxy groups -OCH3 is 1. The molecule has 19 heavy (non-hydrogen) atoms. The van der Waals surface area contributed by atoms with Gasteiger partial charge in [0.2, 0.25) is 5.88 Å². The number of hydrogen-bond donors (Lipinski definition) is 1. The van der Waals surface area contributed by atoms with Crippen LogP contribution in [0.3, 0.4) is 0 Å². The summed E-state index contributed by atoms with van der Waals surface area (Å²) in [6.07, 6.45) is 0. The normalized spacial score (nSPS) is 10.7. The van der Waals surface area contributed by atoms with E-state index in [-0.39, 0.29) is 5.82 Å². The maximum Gasteiger partial charge on any atom is 0.216 e. The Hall–Kier alpha value is -1.88. The molecule has 1 aromatic heterocycles. The van der Waals surface area contributed by atoms with Crippen molar-refractivity contribution in [2.45, 2.75) is 20.0 Å². The van der Waals surface area contributed by atoms with E-state index in [9.17, 15) is 4.39 Å². The fourth-order valence-corrected chi connectivity index (χ4v) is 2.10. The highest BCUT2D eigenvalue weighted by Crippen LogP contribution is 2.20. The maximum absolute atomic E-state index is 13.5. The Labute approximate surface area is 112 Å². The van der Waals surface area contributed by atoms with Gasteiger partial charge in [-0.1, -0.05) is 18.2 Å². The molecule has 0 fully saturated rings. The van der Waals surface area contributed by atoms with Gasteiger partial charge < -0.3 is 10.1 Å². The van der Waals surface area contributed by atoms with Crippen LogP contribution < -0.4 is 10.1 Å². The van der Waals surface area contributed by atoms with Gasteiger partial charge >= 0.3 is 0 Å². The Morgan fingerprint density at radius 2 is 2.05 bits per heavy atom. The number of rotatable bonds is 5. The van der Waals surface area contributed by atoms with Crippen molar-refractivity contribution in [3.63, 3.8) is 0 Å². The molecule has 2 rings (SSSR count). The molecule has 102 valence electrons. The summed E-state index contributed by atoms with van der Waals surface area (Å²) in [5.41, 5.74) is 2.57. The van der Waals surface area contributed by atoms with Crippen LogP contribution in [0.25, 0.3) is 0 Å². The average molecular weight is 263 g/mol. The number of aryl methyl sites for hydroxylation is 2. The Morgan fingerprint density at radius 3 is 2.74 bits per heavy atom. The molecule has 5 heteroatoms. The minimum absolute atomic E-state index is 0.190. The summed E-state index contributed by atoms with van der Waals surface area (Å²) in [6.45, 7) is 3.00. The molecule has 4 nitrogen and oxygen atoms in total. The van der Waals surface area contributed by atoms with Crippen LogP contribution in [-0.4, -0.2) is 16.9 Å². The predicted molar refractivity (Wildman–Crippen MR) is 71.4 cm³/mol. The summed E-state index contributed by atoms with van der Waals surface area (Å²) in [4.78, 5) is 0. The number of benzene rings is 1. The van der Waals surface area contributed by atoms with E-state index in [1.807, 2.05) is 20.0 Å². The number of nitrogens with zero attached hydrogens (tertiary/aromatic N) is 2. The van der Waals surface area contributed by atoms with Gasteiger partial charge in [0.05, 0.1) is 18.4 Å². The summed E-state index contributed by atoms with van der Waals surface area (Å²) in [5, 5.41) is 7.52. The third-order valence-electron chi connectivity index (χ3n) is 3.06. The Morgan fingerprint density at radius 1 is 1.32 bits per heavy atom. The van der Waals surface area contributed by atoms with Crippen molar-refractivity contribution in [3.8, 4) is 5.88 Å². The molecular formula is C14H18FN3O. The smallest absolute Gasteiger partial charge is 0.216 e. The van der Waals surface area contributed by atoms with E-state index >= 15 is 0 Å². The van der Waals surface area contributed by atoms with E-state index in [1.54, 1.807) is 23.9 Å². The zero-order chi connectivity index (χ0) is 13.8. The van der Waals surface area contributed by atoms with Gasteiger partial charge in [-0.2, -0.15) is 5.10 Å². The molecule has 0 aliphatic heterocycles. The van der Waals surface area contributed by atoms with Gasteiger partial charge in [-0.05, 0) is 13.0 Å². The summed E-state index contributed by atoms with van der Waals surface area (Å²) >= 11 is 0. The van der Waals surface area contributed by atoms with E-state index in [1.165, 1.54) is 6.07 Å². The van der Waals surface area contributed by atoms with E-state index < -0.39 is 0 Å². The van der Waals surface area contributed by atoms with Gasteiger partial charge in [0.1, 0.15) is 5.82 Å². The monoisotopic (exact) mass is 263 g/mol. The van der Waals surface area contributed by atoms with Crippen LogP contribution in [0.5, 0.6) is 5.88 Å². The Bertz CT molecular complexity index is 566. The molecule has 1 aromatic carbocycles. The Balaban J connectivity index is 2.02. The van der Waals surface area contributed by atoms with Crippen molar-refractivity contribution in [3.05, 3.63) is 46.9 Å². The van der Waals surface area contributed by atoms with Crippen LogP contribution in [0.4, 0.5) is 4.39 Å². The highest BCUT2D eigenvalue weighted by Gasteiger charge is 2.13. The summed E-state index contributed by atoms with van der Waals surface area (Å²) in [5.74, 6) is 0.545. The van der Waals surface area contributed by atoms with E-state index in [0.29, 0.717) is 18.7 Å². The van der Waals surface area contributed by atoms with Crippen LogP contribution >= 0.6 is 0 Å². The summed E-state index contributed by atoms with van der Waals surface area (Å²) in [6, 6.07) is 6.76. The standard InChI is InChI=1S/C14H18FN3O/c1-10-12(14(19-3)18(2)17-10)9-16-8-11-6-4-5-7-13(11)15/h4-7,16H,8-9H2,1-3H3. The number of aromatic nitrogens is 2. The first-order valence-corrected chi connectivity index (χ1v) is 6.14. The van der Waals surface area contributed by atoms with Crippen molar-refractivity contribution in [2.24, 2.45) is 7.05 Å². The second-order valence-corrected chi connectivity index (χ2v) is 4.39. The second kappa shape index (κ2) is 5.84. The van der Waals surface area contributed by atoms with Crippen LogP contribution in [0.15, 0.2) is 24.3 Å².